The number of nitrogens with one attached hydrogen (secondary N) is 1. The van der Waals surface area contributed by atoms with E-state index in [1.165, 1.54) is 0 Å². The molecule has 3 aromatic carbocycles. The highest BCUT2D eigenvalue weighted by molar-refractivity contribution is 6.02. The summed E-state index contributed by atoms with van der Waals surface area (Å²) in [6.07, 6.45) is 0.254. The number of carbonyl (C=O) groups is 2. The fourth-order valence-electron chi connectivity index (χ4n) is 2.78. The second-order valence-electron chi connectivity index (χ2n) is 6.31. The third-order valence-electron chi connectivity index (χ3n) is 4.18. The number of hydrogen-bond acceptors (Lipinski definition) is 2. The number of carbonyl (C=O) groups excluding carboxylic acids is 2. The molecule has 0 saturated heterocycles. The van der Waals surface area contributed by atoms with Crippen molar-refractivity contribution in [2.24, 2.45) is 0 Å². The van der Waals surface area contributed by atoms with Crippen LogP contribution >= 0.6 is 0 Å². The SMILES string of the molecule is Cc1ccc(NC(=O)CCC(=O)N(c2ccccc2)c2ccccc2)cc1. The van der Waals surface area contributed by atoms with Crippen molar-refractivity contribution in [2.45, 2.75) is 19.8 Å². The number of anilines is 3. The Morgan fingerprint density at radius 2 is 1.26 bits per heavy atom. The van der Waals surface area contributed by atoms with Gasteiger partial charge in [0.05, 0.1) is 0 Å². The van der Waals surface area contributed by atoms with Crippen LogP contribution in [0.3, 0.4) is 0 Å². The minimum atomic E-state index is -0.173. The van der Waals surface area contributed by atoms with Gasteiger partial charge in [-0.3, -0.25) is 14.5 Å². The quantitative estimate of drug-likeness (QED) is 0.668. The van der Waals surface area contributed by atoms with Gasteiger partial charge < -0.3 is 5.32 Å². The van der Waals surface area contributed by atoms with Gasteiger partial charge in [-0.15, -0.1) is 0 Å². The van der Waals surface area contributed by atoms with Gasteiger partial charge in [0.25, 0.3) is 0 Å². The normalized spacial score (nSPS) is 10.3. The molecule has 4 heteroatoms. The van der Waals surface area contributed by atoms with Crippen LogP contribution in [0.25, 0.3) is 0 Å². The van der Waals surface area contributed by atoms with Crippen LogP contribution in [0.5, 0.6) is 0 Å². The van der Waals surface area contributed by atoms with Gasteiger partial charge in [-0.25, -0.2) is 0 Å². The van der Waals surface area contributed by atoms with Gasteiger partial charge in [-0.2, -0.15) is 0 Å². The first kappa shape index (κ1) is 18.4. The summed E-state index contributed by atoms with van der Waals surface area (Å²) in [7, 11) is 0. The second kappa shape index (κ2) is 8.81. The van der Waals surface area contributed by atoms with Crippen molar-refractivity contribution in [1.29, 1.82) is 0 Å². The Bertz CT molecular complexity index is 851. The molecule has 136 valence electrons. The average Bonchev–Trinajstić information content (AvgIpc) is 2.70. The molecule has 0 spiro atoms. The first-order valence-electron chi connectivity index (χ1n) is 8.93. The molecular formula is C23H22N2O2. The van der Waals surface area contributed by atoms with Crippen LogP contribution in [0.2, 0.25) is 0 Å². The van der Waals surface area contributed by atoms with Gasteiger partial charge in [0, 0.05) is 29.9 Å². The Balaban J connectivity index is 1.68. The van der Waals surface area contributed by atoms with Crippen LogP contribution in [-0.4, -0.2) is 11.8 Å². The average molecular weight is 358 g/mol. The molecule has 0 saturated carbocycles. The molecule has 27 heavy (non-hydrogen) atoms. The first-order chi connectivity index (χ1) is 13.1. The van der Waals surface area contributed by atoms with Crippen molar-refractivity contribution in [1.82, 2.24) is 0 Å². The predicted molar refractivity (Wildman–Crippen MR) is 109 cm³/mol. The Kier molecular flexibility index (Phi) is 6.00. The zero-order valence-electron chi connectivity index (χ0n) is 15.3. The summed E-state index contributed by atoms with van der Waals surface area (Å²) in [6.45, 7) is 1.99. The molecule has 0 heterocycles. The largest absolute Gasteiger partial charge is 0.326 e. The predicted octanol–water partition coefficient (Wildman–Crippen LogP) is 5.08. The zero-order chi connectivity index (χ0) is 19.1. The summed E-state index contributed by atoms with van der Waals surface area (Å²) in [6, 6.07) is 26.5. The molecule has 0 radical (unpaired) electrons. The number of aryl methyl sites for hydroxylation is 1. The van der Waals surface area contributed by atoms with Crippen LogP contribution in [0.15, 0.2) is 84.9 Å². The van der Waals surface area contributed by atoms with E-state index in [-0.39, 0.29) is 24.7 Å². The minimum Gasteiger partial charge on any atom is -0.326 e. The smallest absolute Gasteiger partial charge is 0.232 e. The molecule has 0 unspecified atom stereocenters. The van der Waals surface area contributed by atoms with Crippen LogP contribution < -0.4 is 10.2 Å². The molecule has 3 rings (SSSR count). The minimum absolute atomic E-state index is 0.119. The van der Waals surface area contributed by atoms with Gasteiger partial charge in [0.2, 0.25) is 11.8 Å². The standard InChI is InChI=1S/C23H22N2O2/c1-18-12-14-19(15-13-18)24-22(26)16-17-23(27)25(20-8-4-2-5-9-20)21-10-6-3-7-11-21/h2-15H,16-17H2,1H3,(H,24,26). The topological polar surface area (TPSA) is 49.4 Å². The van der Waals surface area contributed by atoms with E-state index in [0.29, 0.717) is 0 Å². The Labute approximate surface area is 159 Å². The molecule has 0 aliphatic carbocycles. The van der Waals surface area contributed by atoms with E-state index in [0.717, 1.165) is 22.6 Å². The molecule has 1 N–H and O–H groups in total. The maximum absolute atomic E-state index is 12.9. The van der Waals surface area contributed by atoms with Crippen molar-refractivity contribution in [3.05, 3.63) is 90.5 Å². The number of benzene rings is 3. The molecule has 0 atom stereocenters. The zero-order valence-corrected chi connectivity index (χ0v) is 15.3. The number of para-hydroxylation sites is 2. The van der Waals surface area contributed by atoms with E-state index in [4.69, 9.17) is 0 Å². The number of amides is 2. The molecule has 0 fully saturated rings. The summed E-state index contributed by atoms with van der Waals surface area (Å²) in [5.74, 6) is -0.292. The summed E-state index contributed by atoms with van der Waals surface area (Å²) in [5.41, 5.74) is 3.44. The second-order valence-corrected chi connectivity index (χ2v) is 6.31. The molecule has 0 aromatic heterocycles. The molecule has 0 aliphatic heterocycles. The highest BCUT2D eigenvalue weighted by Gasteiger charge is 2.18. The molecule has 2 amide bonds. The molecule has 0 aliphatic rings. The lowest BCUT2D eigenvalue weighted by Gasteiger charge is -2.23. The van der Waals surface area contributed by atoms with Gasteiger partial charge in [-0.1, -0.05) is 54.1 Å². The fourth-order valence-corrected chi connectivity index (χ4v) is 2.78. The van der Waals surface area contributed by atoms with Gasteiger partial charge in [0.1, 0.15) is 0 Å². The molecule has 3 aromatic rings. The Morgan fingerprint density at radius 3 is 1.78 bits per heavy atom. The van der Waals surface area contributed by atoms with Crippen molar-refractivity contribution in [3.63, 3.8) is 0 Å². The lowest BCUT2D eigenvalue weighted by atomic mass is 10.2. The fraction of sp³-hybridized carbons (Fsp3) is 0.130. The maximum Gasteiger partial charge on any atom is 0.232 e. The lowest BCUT2D eigenvalue weighted by Crippen LogP contribution is -2.27. The number of rotatable bonds is 6. The third kappa shape index (κ3) is 5.05. The summed E-state index contributed by atoms with van der Waals surface area (Å²) >= 11 is 0. The first-order valence-corrected chi connectivity index (χ1v) is 8.93. The van der Waals surface area contributed by atoms with E-state index in [1.54, 1.807) is 4.90 Å². The highest BCUT2D eigenvalue weighted by Crippen LogP contribution is 2.26. The van der Waals surface area contributed by atoms with Crippen LogP contribution in [-0.2, 0) is 9.59 Å². The summed E-state index contributed by atoms with van der Waals surface area (Å²) in [5, 5.41) is 2.83. The van der Waals surface area contributed by atoms with Crippen molar-refractivity contribution >= 4 is 28.9 Å². The van der Waals surface area contributed by atoms with Gasteiger partial charge in [-0.05, 0) is 43.3 Å². The van der Waals surface area contributed by atoms with Crippen LogP contribution in [0, 0.1) is 6.92 Å². The number of nitrogens with zero attached hydrogens (tertiary/aromatic N) is 1. The summed E-state index contributed by atoms with van der Waals surface area (Å²) in [4.78, 5) is 26.8. The third-order valence-corrected chi connectivity index (χ3v) is 4.18. The van der Waals surface area contributed by atoms with Gasteiger partial charge in [0.15, 0.2) is 0 Å². The van der Waals surface area contributed by atoms with E-state index in [9.17, 15) is 9.59 Å². The van der Waals surface area contributed by atoms with Crippen molar-refractivity contribution < 1.29 is 9.59 Å². The Hall–Kier alpha value is -3.40. The van der Waals surface area contributed by atoms with E-state index in [2.05, 4.69) is 5.32 Å². The highest BCUT2D eigenvalue weighted by atomic mass is 16.2. The van der Waals surface area contributed by atoms with Gasteiger partial charge >= 0.3 is 0 Å². The van der Waals surface area contributed by atoms with Crippen LogP contribution in [0.4, 0.5) is 17.1 Å². The van der Waals surface area contributed by atoms with Crippen LogP contribution in [0.1, 0.15) is 18.4 Å². The van der Waals surface area contributed by atoms with E-state index in [1.807, 2.05) is 91.9 Å². The molecule has 4 nitrogen and oxygen atoms in total. The lowest BCUT2D eigenvalue weighted by molar-refractivity contribution is -0.122. The van der Waals surface area contributed by atoms with Crippen molar-refractivity contribution in [2.75, 3.05) is 10.2 Å². The maximum atomic E-state index is 12.9. The van der Waals surface area contributed by atoms with Crippen molar-refractivity contribution in [3.8, 4) is 0 Å². The van der Waals surface area contributed by atoms with E-state index < -0.39 is 0 Å². The summed E-state index contributed by atoms with van der Waals surface area (Å²) < 4.78 is 0. The molecule has 0 bridgehead atoms. The van der Waals surface area contributed by atoms with E-state index >= 15 is 0 Å². The molecular weight excluding hydrogens is 336 g/mol. The Morgan fingerprint density at radius 1 is 0.741 bits per heavy atom. The number of hydrogen-bond donors (Lipinski definition) is 1. The monoisotopic (exact) mass is 358 g/mol.